The second kappa shape index (κ2) is 5.28. The van der Waals surface area contributed by atoms with Crippen molar-refractivity contribution in [3.63, 3.8) is 0 Å². The zero-order valence-corrected chi connectivity index (χ0v) is 10.7. The monoisotopic (exact) mass is 310 g/mol. The quantitative estimate of drug-likeness (QED) is 0.675. The minimum Gasteiger partial charge on any atom is -0.478 e. The molecule has 0 aliphatic rings. The van der Waals surface area contributed by atoms with Crippen LogP contribution in [0.15, 0.2) is 23.0 Å². The van der Waals surface area contributed by atoms with Crippen LogP contribution in [-0.2, 0) is 0 Å². The number of carbonyl (C=O) groups is 2. The third-order valence-corrected chi connectivity index (χ3v) is 2.87. The summed E-state index contributed by atoms with van der Waals surface area (Å²) >= 11 is 0. The second-order valence-electron chi connectivity index (χ2n) is 4.23. The minimum atomic E-state index is -1.80. The summed E-state index contributed by atoms with van der Waals surface area (Å²) in [7, 11) is 0. The number of aromatic carboxylic acids is 2. The van der Waals surface area contributed by atoms with Gasteiger partial charge in [0.1, 0.15) is 28.6 Å². The molecule has 114 valence electrons. The molecule has 0 unspecified atom stereocenters. The molecule has 1 heterocycles. The number of hydrogen-bond donors (Lipinski definition) is 4. The van der Waals surface area contributed by atoms with Crippen molar-refractivity contribution in [2.75, 3.05) is 5.73 Å². The van der Waals surface area contributed by atoms with Gasteiger partial charge >= 0.3 is 11.9 Å². The molecule has 0 saturated carbocycles. The van der Waals surface area contributed by atoms with Crippen LogP contribution in [0, 0.1) is 11.6 Å². The fourth-order valence-electron chi connectivity index (χ4n) is 2.01. The normalized spacial score (nSPS) is 10.5. The van der Waals surface area contributed by atoms with Gasteiger partial charge in [-0.05, 0) is 18.2 Å². The van der Waals surface area contributed by atoms with Gasteiger partial charge in [-0.15, -0.1) is 0 Å². The number of aromatic nitrogens is 1. The summed E-state index contributed by atoms with van der Waals surface area (Å²) in [6.07, 6.45) is 0. The van der Waals surface area contributed by atoms with Gasteiger partial charge in [0.15, 0.2) is 0 Å². The van der Waals surface area contributed by atoms with Crippen molar-refractivity contribution in [2.24, 2.45) is 0 Å². The molecule has 1 aromatic carbocycles. The average Bonchev–Trinajstić information content (AvgIpc) is 2.39. The Labute approximate surface area is 120 Å². The number of nitrogens with two attached hydrogens (primary N) is 1. The largest absolute Gasteiger partial charge is 0.478 e. The molecule has 0 spiro atoms. The van der Waals surface area contributed by atoms with Crippen molar-refractivity contribution in [3.8, 4) is 11.1 Å². The molecule has 5 N–H and O–H groups in total. The van der Waals surface area contributed by atoms with E-state index in [9.17, 15) is 23.2 Å². The number of benzene rings is 1. The van der Waals surface area contributed by atoms with Gasteiger partial charge in [-0.25, -0.2) is 18.4 Å². The van der Waals surface area contributed by atoms with Gasteiger partial charge in [-0.2, -0.15) is 0 Å². The zero-order valence-electron chi connectivity index (χ0n) is 10.7. The topological polar surface area (TPSA) is 133 Å². The van der Waals surface area contributed by atoms with E-state index in [1.807, 2.05) is 4.98 Å². The number of carboxylic acid groups (broad SMARTS) is 2. The van der Waals surface area contributed by atoms with E-state index in [0.29, 0.717) is 12.1 Å². The van der Waals surface area contributed by atoms with E-state index < -0.39 is 57.2 Å². The first-order valence-electron chi connectivity index (χ1n) is 5.71. The Morgan fingerprint density at radius 2 is 1.68 bits per heavy atom. The fourth-order valence-corrected chi connectivity index (χ4v) is 2.01. The number of hydrogen-bond acceptors (Lipinski definition) is 4. The van der Waals surface area contributed by atoms with E-state index in [-0.39, 0.29) is 0 Å². The molecule has 0 fully saturated rings. The van der Waals surface area contributed by atoms with Crippen LogP contribution in [0.2, 0.25) is 0 Å². The zero-order chi connectivity index (χ0) is 16.6. The fraction of sp³-hybridized carbons (Fsp3) is 0. The Morgan fingerprint density at radius 3 is 2.23 bits per heavy atom. The lowest BCUT2D eigenvalue weighted by molar-refractivity contribution is 0.0695. The summed E-state index contributed by atoms with van der Waals surface area (Å²) in [6.45, 7) is 0. The molecular formula is C13H8F2N2O5. The maximum Gasteiger partial charge on any atom is 0.342 e. The predicted molar refractivity (Wildman–Crippen MR) is 70.7 cm³/mol. The summed E-state index contributed by atoms with van der Waals surface area (Å²) in [5.74, 6) is -6.21. The molecular weight excluding hydrogens is 302 g/mol. The highest BCUT2D eigenvalue weighted by Gasteiger charge is 2.28. The number of pyridine rings is 1. The number of nitrogen functional groups attached to an aromatic ring is 1. The Morgan fingerprint density at radius 1 is 1.09 bits per heavy atom. The lowest BCUT2D eigenvalue weighted by Gasteiger charge is -2.12. The molecule has 2 aromatic rings. The summed E-state index contributed by atoms with van der Waals surface area (Å²) in [5, 5.41) is 18.2. The summed E-state index contributed by atoms with van der Waals surface area (Å²) in [6, 6.07) is 2.03. The summed E-state index contributed by atoms with van der Waals surface area (Å²) < 4.78 is 27.2. The van der Waals surface area contributed by atoms with Crippen molar-refractivity contribution in [1.29, 1.82) is 0 Å². The third kappa shape index (κ3) is 2.39. The molecule has 2 rings (SSSR count). The smallest absolute Gasteiger partial charge is 0.342 e. The molecule has 1 aromatic heterocycles. The second-order valence-corrected chi connectivity index (χ2v) is 4.23. The maximum absolute atomic E-state index is 13.9. The molecule has 9 heteroatoms. The van der Waals surface area contributed by atoms with Gasteiger partial charge in [0.2, 0.25) is 0 Å². The lowest BCUT2D eigenvalue weighted by atomic mass is 9.95. The van der Waals surface area contributed by atoms with Crippen LogP contribution in [0.3, 0.4) is 0 Å². The van der Waals surface area contributed by atoms with Gasteiger partial charge in [-0.1, -0.05) is 0 Å². The Kier molecular flexibility index (Phi) is 3.64. The number of carboxylic acids is 2. The molecule has 0 atom stereocenters. The molecule has 0 aliphatic heterocycles. The highest BCUT2D eigenvalue weighted by atomic mass is 19.1. The average molecular weight is 310 g/mol. The van der Waals surface area contributed by atoms with Crippen LogP contribution >= 0.6 is 0 Å². The minimum absolute atomic E-state index is 0.586. The Balaban J connectivity index is 3.06. The number of H-pyrrole nitrogens is 1. The van der Waals surface area contributed by atoms with Crippen LogP contribution in [0.1, 0.15) is 20.7 Å². The number of aromatic amines is 1. The van der Waals surface area contributed by atoms with Gasteiger partial charge in [0.25, 0.3) is 5.56 Å². The van der Waals surface area contributed by atoms with Gasteiger partial charge in [-0.3, -0.25) is 4.79 Å². The molecule has 0 bridgehead atoms. The summed E-state index contributed by atoms with van der Waals surface area (Å²) in [4.78, 5) is 36.1. The van der Waals surface area contributed by atoms with Crippen molar-refractivity contribution < 1.29 is 28.6 Å². The standard InChI is InChI=1S/C13H8F2N2O5/c14-4-1-2-6(15)5(3-4)7-8(12(19)20)10(16)17-11(18)9(7)13(21)22/h1-3H,(H,19,20)(H,21,22)(H3,16,17,18). The first-order valence-corrected chi connectivity index (χ1v) is 5.71. The molecule has 22 heavy (non-hydrogen) atoms. The van der Waals surface area contributed by atoms with E-state index in [4.69, 9.17) is 15.9 Å². The van der Waals surface area contributed by atoms with Crippen molar-refractivity contribution >= 4 is 17.8 Å². The van der Waals surface area contributed by atoms with Gasteiger partial charge < -0.3 is 20.9 Å². The van der Waals surface area contributed by atoms with Crippen LogP contribution in [-0.4, -0.2) is 27.1 Å². The number of anilines is 1. The van der Waals surface area contributed by atoms with Crippen LogP contribution in [0.25, 0.3) is 11.1 Å². The number of halogens is 2. The first-order chi connectivity index (χ1) is 10.2. The van der Waals surface area contributed by atoms with Crippen LogP contribution < -0.4 is 11.3 Å². The highest BCUT2D eigenvalue weighted by molar-refractivity contribution is 6.07. The lowest BCUT2D eigenvalue weighted by Crippen LogP contribution is -2.24. The number of rotatable bonds is 3. The van der Waals surface area contributed by atoms with Crippen LogP contribution in [0.4, 0.5) is 14.6 Å². The van der Waals surface area contributed by atoms with E-state index in [1.165, 1.54) is 0 Å². The molecule has 0 saturated heterocycles. The molecule has 0 aliphatic carbocycles. The van der Waals surface area contributed by atoms with E-state index in [0.717, 1.165) is 6.07 Å². The van der Waals surface area contributed by atoms with Crippen molar-refractivity contribution in [2.45, 2.75) is 0 Å². The van der Waals surface area contributed by atoms with E-state index in [2.05, 4.69) is 0 Å². The Bertz CT molecular complexity index is 860. The first kappa shape index (κ1) is 15.2. The van der Waals surface area contributed by atoms with Gasteiger partial charge in [0, 0.05) is 11.1 Å². The molecule has 0 radical (unpaired) electrons. The maximum atomic E-state index is 13.9. The highest BCUT2D eigenvalue weighted by Crippen LogP contribution is 2.31. The van der Waals surface area contributed by atoms with Gasteiger partial charge in [0.05, 0.1) is 0 Å². The van der Waals surface area contributed by atoms with E-state index >= 15 is 0 Å². The summed E-state index contributed by atoms with van der Waals surface area (Å²) in [5.41, 5.74) is 0.786. The Hall–Kier alpha value is -3.23. The third-order valence-electron chi connectivity index (χ3n) is 2.87. The number of nitrogens with one attached hydrogen (secondary N) is 1. The van der Waals surface area contributed by atoms with E-state index in [1.54, 1.807) is 0 Å². The van der Waals surface area contributed by atoms with Crippen molar-refractivity contribution in [3.05, 3.63) is 51.3 Å². The SMILES string of the molecule is Nc1[nH]c(=O)c(C(=O)O)c(-c2cc(F)ccc2F)c1C(=O)O. The van der Waals surface area contributed by atoms with Crippen molar-refractivity contribution in [1.82, 2.24) is 4.98 Å². The predicted octanol–water partition coefficient (Wildman–Crippen LogP) is 1.30. The molecule has 0 amide bonds. The molecule has 7 nitrogen and oxygen atoms in total. The van der Waals surface area contributed by atoms with Crippen LogP contribution in [0.5, 0.6) is 0 Å².